The summed E-state index contributed by atoms with van der Waals surface area (Å²) in [4.78, 5) is 15.8. The molecule has 0 aliphatic carbocycles. The summed E-state index contributed by atoms with van der Waals surface area (Å²) in [6.45, 7) is 2.93. The van der Waals surface area contributed by atoms with E-state index in [2.05, 4.69) is 20.7 Å². The van der Waals surface area contributed by atoms with Gasteiger partial charge in [0.15, 0.2) is 5.82 Å². The third kappa shape index (κ3) is 4.88. The fourth-order valence-electron chi connectivity index (χ4n) is 1.86. The third-order valence-electron chi connectivity index (χ3n) is 2.74. The van der Waals surface area contributed by atoms with Crippen LogP contribution in [0.1, 0.15) is 12.5 Å². The molecule has 1 atom stereocenters. The number of anilines is 1. The number of urea groups is 1. The lowest BCUT2D eigenvalue weighted by molar-refractivity contribution is 0.173. The van der Waals surface area contributed by atoms with Crippen LogP contribution in [0.3, 0.4) is 0 Å². The summed E-state index contributed by atoms with van der Waals surface area (Å²) in [5.74, 6) is 0.501. The Morgan fingerprint density at radius 3 is 3.05 bits per heavy atom. The van der Waals surface area contributed by atoms with Gasteiger partial charge in [0, 0.05) is 31.8 Å². The summed E-state index contributed by atoms with van der Waals surface area (Å²) < 4.78 is 6.70. The first-order chi connectivity index (χ1) is 10.2. The van der Waals surface area contributed by atoms with Crippen LogP contribution in [0.25, 0.3) is 0 Å². The second kappa shape index (κ2) is 7.39. The number of ether oxygens (including phenoxy) is 1. The number of aromatic nitrogens is 3. The molecule has 2 rings (SSSR count). The van der Waals surface area contributed by atoms with Gasteiger partial charge in [-0.15, -0.1) is 0 Å². The number of hydrogen-bond acceptors (Lipinski definition) is 4. The minimum Gasteiger partial charge on any atom is -0.383 e. The predicted octanol–water partition coefficient (Wildman–Crippen LogP) is 1.48. The SMILES string of the molecule is COCC(C)NC(=O)Nc1ccn(Cc2cccnc2)n1. The Balaban J connectivity index is 1.87. The van der Waals surface area contributed by atoms with Crippen molar-refractivity contribution in [2.45, 2.75) is 19.5 Å². The van der Waals surface area contributed by atoms with Crippen molar-refractivity contribution < 1.29 is 9.53 Å². The molecule has 0 aromatic carbocycles. The minimum absolute atomic E-state index is 0.0625. The first-order valence-corrected chi connectivity index (χ1v) is 6.66. The maximum Gasteiger partial charge on any atom is 0.320 e. The zero-order valence-corrected chi connectivity index (χ0v) is 12.1. The molecule has 0 saturated heterocycles. The fourth-order valence-corrected chi connectivity index (χ4v) is 1.86. The number of pyridine rings is 1. The molecule has 7 heteroatoms. The van der Waals surface area contributed by atoms with Crippen LogP contribution in [-0.4, -0.2) is 40.6 Å². The fraction of sp³-hybridized carbons (Fsp3) is 0.357. The van der Waals surface area contributed by atoms with Gasteiger partial charge < -0.3 is 10.1 Å². The van der Waals surface area contributed by atoms with Crippen molar-refractivity contribution >= 4 is 11.8 Å². The highest BCUT2D eigenvalue weighted by atomic mass is 16.5. The van der Waals surface area contributed by atoms with Crippen molar-refractivity contribution in [3.05, 3.63) is 42.4 Å². The topological polar surface area (TPSA) is 81.1 Å². The van der Waals surface area contributed by atoms with Crippen molar-refractivity contribution in [3.63, 3.8) is 0 Å². The maximum atomic E-state index is 11.7. The van der Waals surface area contributed by atoms with Crippen LogP contribution in [0.5, 0.6) is 0 Å². The molecule has 0 fully saturated rings. The first kappa shape index (κ1) is 15.0. The molecule has 0 spiro atoms. The molecule has 0 radical (unpaired) electrons. The number of carbonyl (C=O) groups excluding carboxylic acids is 1. The molecule has 2 amide bonds. The molecule has 2 N–H and O–H groups in total. The van der Waals surface area contributed by atoms with E-state index in [0.717, 1.165) is 5.56 Å². The minimum atomic E-state index is -0.300. The van der Waals surface area contributed by atoms with Gasteiger partial charge in [0.2, 0.25) is 0 Å². The summed E-state index contributed by atoms with van der Waals surface area (Å²) >= 11 is 0. The van der Waals surface area contributed by atoms with Crippen LogP contribution in [0, 0.1) is 0 Å². The van der Waals surface area contributed by atoms with E-state index in [0.29, 0.717) is 19.0 Å². The predicted molar refractivity (Wildman–Crippen MR) is 79.1 cm³/mol. The molecule has 2 aromatic heterocycles. The van der Waals surface area contributed by atoms with Crippen molar-refractivity contribution in [2.24, 2.45) is 0 Å². The van der Waals surface area contributed by atoms with Gasteiger partial charge in [0.05, 0.1) is 19.2 Å². The van der Waals surface area contributed by atoms with E-state index in [1.165, 1.54) is 0 Å². The smallest absolute Gasteiger partial charge is 0.320 e. The van der Waals surface area contributed by atoms with Crippen molar-refractivity contribution in [3.8, 4) is 0 Å². The van der Waals surface area contributed by atoms with E-state index in [1.54, 1.807) is 36.4 Å². The van der Waals surface area contributed by atoms with Crippen LogP contribution < -0.4 is 10.6 Å². The van der Waals surface area contributed by atoms with E-state index in [9.17, 15) is 4.79 Å². The normalized spacial score (nSPS) is 11.9. The third-order valence-corrected chi connectivity index (χ3v) is 2.74. The highest BCUT2D eigenvalue weighted by Crippen LogP contribution is 2.05. The number of hydrogen-bond donors (Lipinski definition) is 2. The second-order valence-corrected chi connectivity index (χ2v) is 4.71. The standard InChI is InChI=1S/C14H19N5O2/c1-11(10-21-2)16-14(20)17-13-5-7-19(18-13)9-12-4-3-6-15-8-12/h3-8,11H,9-10H2,1-2H3,(H2,16,17,18,20). The molecule has 0 bridgehead atoms. The van der Waals surface area contributed by atoms with Crippen LogP contribution in [0.4, 0.5) is 10.6 Å². The van der Waals surface area contributed by atoms with E-state index in [-0.39, 0.29) is 12.1 Å². The number of nitrogens with one attached hydrogen (secondary N) is 2. The zero-order chi connectivity index (χ0) is 15.1. The van der Waals surface area contributed by atoms with E-state index < -0.39 is 0 Å². The summed E-state index contributed by atoms with van der Waals surface area (Å²) in [7, 11) is 1.59. The van der Waals surface area contributed by atoms with Gasteiger partial charge in [-0.2, -0.15) is 5.10 Å². The molecule has 2 heterocycles. The van der Waals surface area contributed by atoms with Gasteiger partial charge in [-0.3, -0.25) is 15.0 Å². The van der Waals surface area contributed by atoms with Gasteiger partial charge in [-0.05, 0) is 18.6 Å². The number of methoxy groups -OCH3 is 1. The molecular formula is C14H19N5O2. The van der Waals surface area contributed by atoms with Gasteiger partial charge in [-0.1, -0.05) is 6.07 Å². The molecule has 21 heavy (non-hydrogen) atoms. The van der Waals surface area contributed by atoms with Gasteiger partial charge >= 0.3 is 6.03 Å². The number of rotatable bonds is 6. The highest BCUT2D eigenvalue weighted by Gasteiger charge is 2.08. The van der Waals surface area contributed by atoms with Crippen molar-refractivity contribution in [1.29, 1.82) is 0 Å². The second-order valence-electron chi connectivity index (χ2n) is 4.71. The van der Waals surface area contributed by atoms with Crippen LogP contribution in [-0.2, 0) is 11.3 Å². The number of carbonyl (C=O) groups is 1. The lowest BCUT2D eigenvalue weighted by Crippen LogP contribution is -2.38. The average Bonchev–Trinajstić information content (AvgIpc) is 2.87. The quantitative estimate of drug-likeness (QED) is 0.844. The summed E-state index contributed by atoms with van der Waals surface area (Å²) in [6, 6.07) is 5.24. The van der Waals surface area contributed by atoms with Gasteiger partial charge in [0.25, 0.3) is 0 Å². The Labute approximate surface area is 123 Å². The molecule has 1 unspecified atom stereocenters. The highest BCUT2D eigenvalue weighted by molar-refractivity contribution is 5.88. The van der Waals surface area contributed by atoms with Crippen LogP contribution in [0.15, 0.2) is 36.8 Å². The molecule has 7 nitrogen and oxygen atoms in total. The Morgan fingerprint density at radius 2 is 2.33 bits per heavy atom. The average molecular weight is 289 g/mol. The summed E-state index contributed by atoms with van der Waals surface area (Å²) in [6.07, 6.45) is 5.32. The molecule has 112 valence electrons. The van der Waals surface area contributed by atoms with Crippen LogP contribution in [0.2, 0.25) is 0 Å². The molecule has 0 aliphatic rings. The lowest BCUT2D eigenvalue weighted by Gasteiger charge is -2.12. The van der Waals surface area contributed by atoms with E-state index >= 15 is 0 Å². The van der Waals surface area contributed by atoms with Crippen molar-refractivity contribution in [2.75, 3.05) is 19.0 Å². The Kier molecular flexibility index (Phi) is 5.28. The Morgan fingerprint density at radius 1 is 1.48 bits per heavy atom. The largest absolute Gasteiger partial charge is 0.383 e. The molecule has 0 aliphatic heterocycles. The van der Waals surface area contributed by atoms with Gasteiger partial charge in [0.1, 0.15) is 0 Å². The Bertz CT molecular complexity index is 570. The number of amides is 2. The van der Waals surface area contributed by atoms with Crippen LogP contribution >= 0.6 is 0 Å². The monoisotopic (exact) mass is 289 g/mol. The van der Waals surface area contributed by atoms with Crippen molar-refractivity contribution in [1.82, 2.24) is 20.1 Å². The summed E-state index contributed by atoms with van der Waals surface area (Å²) in [5.41, 5.74) is 1.05. The Hall–Kier alpha value is -2.41. The zero-order valence-electron chi connectivity index (χ0n) is 12.1. The van der Waals surface area contributed by atoms with E-state index in [1.807, 2.05) is 19.1 Å². The lowest BCUT2D eigenvalue weighted by atomic mass is 10.3. The van der Waals surface area contributed by atoms with Gasteiger partial charge in [-0.25, -0.2) is 4.79 Å². The van der Waals surface area contributed by atoms with E-state index in [4.69, 9.17) is 4.74 Å². The molecule has 2 aromatic rings. The maximum absolute atomic E-state index is 11.7. The molecule has 0 saturated carbocycles. The summed E-state index contributed by atoms with van der Waals surface area (Å²) in [5, 5.41) is 9.72. The first-order valence-electron chi connectivity index (χ1n) is 6.66. The molecular weight excluding hydrogens is 270 g/mol. The number of nitrogens with zero attached hydrogens (tertiary/aromatic N) is 3.